The van der Waals surface area contributed by atoms with E-state index in [-0.39, 0.29) is 40.1 Å². The second-order valence-electron chi connectivity index (χ2n) is 7.68. The van der Waals surface area contributed by atoms with Gasteiger partial charge >= 0.3 is 6.18 Å². The van der Waals surface area contributed by atoms with E-state index < -0.39 is 24.2 Å². The summed E-state index contributed by atoms with van der Waals surface area (Å²) in [5.74, 6) is -0.630. The summed E-state index contributed by atoms with van der Waals surface area (Å²) in [4.78, 5) is 41.3. The second kappa shape index (κ2) is 8.22. The fourth-order valence-electron chi connectivity index (χ4n) is 3.36. The molecule has 0 spiro atoms. The molecule has 1 fully saturated rings. The lowest BCUT2D eigenvalue weighted by Gasteiger charge is -2.12. The van der Waals surface area contributed by atoms with Crippen molar-refractivity contribution in [2.24, 2.45) is 13.0 Å². The molecule has 4 rings (SSSR count). The molecule has 3 heterocycles. The molecule has 0 saturated heterocycles. The lowest BCUT2D eigenvalue weighted by atomic mass is 10.2. The molecule has 13 heteroatoms. The minimum absolute atomic E-state index is 0.0372. The van der Waals surface area contributed by atoms with Crippen molar-refractivity contribution in [3.63, 3.8) is 0 Å². The van der Waals surface area contributed by atoms with Gasteiger partial charge in [0.25, 0.3) is 11.5 Å². The SMILES string of the molecule is CNC(=O)c1cnc(NC(=O)C2CC2)cc1Nc1nn(C)c2ccn(CC(F)(F)F)c(=O)c12. The fourth-order valence-corrected chi connectivity index (χ4v) is 3.36. The molecular weight excluding hydrogens is 443 g/mol. The van der Waals surface area contributed by atoms with Gasteiger partial charge in [0.15, 0.2) is 5.82 Å². The molecule has 0 radical (unpaired) electrons. The van der Waals surface area contributed by atoms with Crippen molar-refractivity contribution < 1.29 is 22.8 Å². The Balaban J connectivity index is 1.77. The summed E-state index contributed by atoms with van der Waals surface area (Å²) < 4.78 is 40.5. The monoisotopic (exact) mass is 463 g/mol. The average molecular weight is 463 g/mol. The van der Waals surface area contributed by atoms with Crippen LogP contribution in [0.15, 0.2) is 29.3 Å². The molecular formula is C20H20F3N7O3. The van der Waals surface area contributed by atoms with Gasteiger partial charge in [-0.2, -0.15) is 18.3 Å². The molecule has 0 atom stereocenters. The van der Waals surface area contributed by atoms with E-state index in [0.717, 1.165) is 19.0 Å². The van der Waals surface area contributed by atoms with Crippen molar-refractivity contribution in [1.82, 2.24) is 24.6 Å². The summed E-state index contributed by atoms with van der Waals surface area (Å²) >= 11 is 0. The van der Waals surface area contributed by atoms with Gasteiger partial charge in [0.1, 0.15) is 17.7 Å². The van der Waals surface area contributed by atoms with Gasteiger partial charge in [0.2, 0.25) is 5.91 Å². The number of amides is 2. The second-order valence-corrected chi connectivity index (χ2v) is 7.68. The summed E-state index contributed by atoms with van der Waals surface area (Å²) in [6.07, 6.45) is -0.706. The van der Waals surface area contributed by atoms with Gasteiger partial charge in [-0.1, -0.05) is 0 Å². The van der Waals surface area contributed by atoms with Crippen molar-refractivity contribution in [3.8, 4) is 0 Å². The van der Waals surface area contributed by atoms with E-state index >= 15 is 0 Å². The van der Waals surface area contributed by atoms with E-state index in [9.17, 15) is 27.6 Å². The van der Waals surface area contributed by atoms with Crippen LogP contribution >= 0.6 is 0 Å². The summed E-state index contributed by atoms with van der Waals surface area (Å²) in [7, 11) is 2.95. The van der Waals surface area contributed by atoms with Crippen LogP contribution < -0.4 is 21.5 Å². The maximum absolute atomic E-state index is 12.9. The number of aromatic nitrogens is 4. The third-order valence-corrected chi connectivity index (χ3v) is 5.16. The van der Waals surface area contributed by atoms with Crippen LogP contribution in [0.2, 0.25) is 0 Å². The van der Waals surface area contributed by atoms with Crippen LogP contribution in [0.25, 0.3) is 10.9 Å². The number of nitrogens with one attached hydrogen (secondary N) is 3. The van der Waals surface area contributed by atoms with Crippen LogP contribution in [0.3, 0.4) is 0 Å². The largest absolute Gasteiger partial charge is 0.406 e. The molecule has 174 valence electrons. The molecule has 0 unspecified atom stereocenters. The summed E-state index contributed by atoms with van der Waals surface area (Å²) in [5.41, 5.74) is -0.328. The molecule has 2 amide bonds. The molecule has 0 aliphatic heterocycles. The van der Waals surface area contributed by atoms with Crippen LogP contribution in [-0.2, 0) is 18.4 Å². The number of anilines is 3. The maximum Gasteiger partial charge on any atom is 0.406 e. The molecule has 33 heavy (non-hydrogen) atoms. The number of hydrogen-bond acceptors (Lipinski definition) is 6. The molecule has 3 aromatic heterocycles. The van der Waals surface area contributed by atoms with Crippen LogP contribution in [0.1, 0.15) is 23.2 Å². The molecule has 1 aliphatic carbocycles. The Morgan fingerprint density at radius 1 is 1.27 bits per heavy atom. The zero-order valence-electron chi connectivity index (χ0n) is 17.7. The normalized spacial score (nSPS) is 13.7. The van der Waals surface area contributed by atoms with Gasteiger partial charge in [-0.3, -0.25) is 19.1 Å². The molecule has 10 nitrogen and oxygen atoms in total. The highest BCUT2D eigenvalue weighted by atomic mass is 19.4. The van der Waals surface area contributed by atoms with Crippen LogP contribution in [-0.4, -0.2) is 44.4 Å². The zero-order chi connectivity index (χ0) is 23.9. The first-order valence-corrected chi connectivity index (χ1v) is 10.0. The van der Waals surface area contributed by atoms with Crippen LogP contribution in [0, 0.1) is 5.92 Å². The average Bonchev–Trinajstić information content (AvgIpc) is 3.54. The zero-order valence-corrected chi connectivity index (χ0v) is 17.7. The van der Waals surface area contributed by atoms with Crippen molar-refractivity contribution in [2.75, 3.05) is 17.7 Å². The Morgan fingerprint density at radius 2 is 2.00 bits per heavy atom. The highest BCUT2D eigenvalue weighted by Gasteiger charge is 2.31. The third kappa shape index (κ3) is 4.66. The first kappa shape index (κ1) is 22.3. The van der Waals surface area contributed by atoms with Gasteiger partial charge in [0, 0.05) is 38.5 Å². The standard InChI is InChI=1S/C20H20F3N7O3/c1-24-18(32)11-8-25-14(27-17(31)10-3-4-10)7-12(11)26-16-15-13(29(2)28-16)5-6-30(19(15)33)9-20(21,22)23/h5-8,10H,3-4,9H2,1-2H3,(H,24,32)(H2,25,26,27,28,31). The van der Waals surface area contributed by atoms with Crippen molar-refractivity contribution in [1.29, 1.82) is 0 Å². The topological polar surface area (TPSA) is 123 Å². The number of halogens is 3. The predicted molar refractivity (Wildman–Crippen MR) is 113 cm³/mol. The molecule has 0 aromatic carbocycles. The van der Waals surface area contributed by atoms with E-state index in [1.165, 1.54) is 37.1 Å². The number of rotatable bonds is 6. The number of carbonyl (C=O) groups excluding carboxylic acids is 2. The molecule has 0 bridgehead atoms. The molecule has 3 N–H and O–H groups in total. The first-order chi connectivity index (χ1) is 15.6. The van der Waals surface area contributed by atoms with E-state index in [1.54, 1.807) is 0 Å². The lowest BCUT2D eigenvalue weighted by Crippen LogP contribution is -2.27. The Kier molecular flexibility index (Phi) is 5.56. The fraction of sp³-hybridized carbons (Fsp3) is 0.350. The summed E-state index contributed by atoms with van der Waals surface area (Å²) in [6, 6.07) is 2.76. The molecule has 1 aliphatic rings. The number of aryl methyl sites for hydroxylation is 1. The highest BCUT2D eigenvalue weighted by Crippen LogP contribution is 2.31. The summed E-state index contributed by atoms with van der Waals surface area (Å²) in [6.45, 7) is -1.45. The van der Waals surface area contributed by atoms with Gasteiger partial charge in [0.05, 0.1) is 16.8 Å². The number of nitrogens with zero attached hydrogens (tertiary/aromatic N) is 4. The third-order valence-electron chi connectivity index (χ3n) is 5.16. The minimum atomic E-state index is -4.58. The summed E-state index contributed by atoms with van der Waals surface area (Å²) in [5, 5.41) is 12.1. The minimum Gasteiger partial charge on any atom is -0.355 e. The van der Waals surface area contributed by atoms with E-state index in [4.69, 9.17) is 0 Å². The smallest absolute Gasteiger partial charge is 0.355 e. The predicted octanol–water partition coefficient (Wildman–Crippen LogP) is 2.14. The van der Waals surface area contributed by atoms with Crippen LogP contribution in [0.4, 0.5) is 30.5 Å². The van der Waals surface area contributed by atoms with Crippen LogP contribution in [0.5, 0.6) is 0 Å². The molecule has 1 saturated carbocycles. The highest BCUT2D eigenvalue weighted by molar-refractivity contribution is 6.02. The van der Waals surface area contributed by atoms with Gasteiger partial charge in [-0.05, 0) is 18.9 Å². The number of fused-ring (bicyclic) bond motifs is 1. The Morgan fingerprint density at radius 3 is 2.64 bits per heavy atom. The Bertz CT molecular complexity index is 1310. The molecule has 3 aromatic rings. The number of carbonyl (C=O) groups is 2. The number of pyridine rings is 2. The maximum atomic E-state index is 12.9. The van der Waals surface area contributed by atoms with Crippen molar-refractivity contribution in [3.05, 3.63) is 40.4 Å². The van der Waals surface area contributed by atoms with Gasteiger partial charge in [-0.15, -0.1) is 0 Å². The quantitative estimate of drug-likeness (QED) is 0.515. The van der Waals surface area contributed by atoms with Crippen molar-refractivity contribution in [2.45, 2.75) is 25.6 Å². The van der Waals surface area contributed by atoms with Crippen molar-refractivity contribution >= 4 is 40.0 Å². The number of hydrogen-bond donors (Lipinski definition) is 3. The van der Waals surface area contributed by atoms with E-state index in [2.05, 4.69) is 26.0 Å². The van der Waals surface area contributed by atoms with E-state index in [1.807, 2.05) is 0 Å². The van der Waals surface area contributed by atoms with Gasteiger partial charge < -0.3 is 20.5 Å². The first-order valence-electron chi connectivity index (χ1n) is 10.0. The van der Waals surface area contributed by atoms with Gasteiger partial charge in [-0.25, -0.2) is 4.98 Å². The van der Waals surface area contributed by atoms with E-state index in [0.29, 0.717) is 10.1 Å². The number of alkyl halides is 3. The lowest BCUT2D eigenvalue weighted by molar-refractivity contribution is -0.141. The Labute approximate surface area is 184 Å². The Hall–Kier alpha value is -3.90.